The molecule has 2 heterocycles. The summed E-state index contributed by atoms with van der Waals surface area (Å²) in [5, 5.41) is 9.92. The van der Waals surface area contributed by atoms with E-state index in [4.69, 9.17) is 0 Å². The summed E-state index contributed by atoms with van der Waals surface area (Å²) in [7, 11) is -1.49. The summed E-state index contributed by atoms with van der Waals surface area (Å²) in [5.74, 6) is 0. The monoisotopic (exact) mass is 315 g/mol. The van der Waals surface area contributed by atoms with Gasteiger partial charge in [-0.25, -0.2) is 8.42 Å². The Labute approximate surface area is 126 Å². The number of aromatic nitrogens is 2. The topological polar surface area (TPSA) is 81.3 Å². The zero-order chi connectivity index (χ0) is 15.6. The maximum atomic E-state index is 12.8. The Kier molecular flexibility index (Phi) is 5.03. The maximum absolute atomic E-state index is 12.8. The Morgan fingerprint density at radius 1 is 1.38 bits per heavy atom. The van der Waals surface area contributed by atoms with Crippen LogP contribution in [-0.2, 0) is 16.6 Å². The van der Waals surface area contributed by atoms with Crippen LogP contribution in [0.5, 0.6) is 0 Å². The van der Waals surface area contributed by atoms with E-state index in [2.05, 4.69) is 20.4 Å². The molecule has 1 saturated heterocycles. The molecule has 2 atom stereocenters. The van der Waals surface area contributed by atoms with Gasteiger partial charge in [-0.15, -0.1) is 0 Å². The van der Waals surface area contributed by atoms with Gasteiger partial charge in [0.15, 0.2) is 5.03 Å². The summed E-state index contributed by atoms with van der Waals surface area (Å²) in [5.41, 5.74) is 0.691. The maximum Gasteiger partial charge on any atom is 0.260 e. The first-order valence-electron chi connectivity index (χ1n) is 7.33. The van der Waals surface area contributed by atoms with Crippen LogP contribution in [-0.4, -0.2) is 66.6 Å². The van der Waals surface area contributed by atoms with Crippen molar-refractivity contribution in [2.45, 2.75) is 44.4 Å². The zero-order valence-corrected chi connectivity index (χ0v) is 13.9. The van der Waals surface area contributed by atoms with Crippen molar-refractivity contribution in [2.24, 2.45) is 0 Å². The first kappa shape index (κ1) is 16.4. The summed E-state index contributed by atoms with van der Waals surface area (Å²) in [6.45, 7) is 8.37. The predicted octanol–water partition coefficient (Wildman–Crippen LogP) is 0.232. The van der Waals surface area contributed by atoms with Crippen molar-refractivity contribution in [3.8, 4) is 0 Å². The Balaban J connectivity index is 2.24. The molecule has 2 rings (SSSR count). The van der Waals surface area contributed by atoms with Gasteiger partial charge in [-0.2, -0.15) is 9.40 Å². The molecule has 1 aliphatic heterocycles. The lowest BCUT2D eigenvalue weighted by Gasteiger charge is -2.41. The third-order valence-electron chi connectivity index (χ3n) is 4.17. The Bertz CT molecular complexity index is 559. The van der Waals surface area contributed by atoms with Crippen molar-refractivity contribution >= 4 is 10.0 Å². The van der Waals surface area contributed by atoms with Gasteiger partial charge in [0.1, 0.15) is 0 Å². The summed E-state index contributed by atoms with van der Waals surface area (Å²) >= 11 is 0. The minimum absolute atomic E-state index is 0.198. The highest BCUT2D eigenvalue weighted by molar-refractivity contribution is 7.89. The molecule has 2 N–H and O–H groups in total. The second-order valence-electron chi connectivity index (χ2n) is 5.69. The minimum atomic E-state index is -3.52. The summed E-state index contributed by atoms with van der Waals surface area (Å²) in [6, 6.07) is 0.396. The number of nitrogens with one attached hydrogen (secondary N) is 2. The fourth-order valence-corrected chi connectivity index (χ4v) is 4.30. The van der Waals surface area contributed by atoms with E-state index in [-0.39, 0.29) is 17.1 Å². The standard InChI is InChI=1S/C13H25N5O2S/c1-5-14-6-12-7-15-16-13(12)21(19,20)18-8-10(2)17(4)11(3)9-18/h7,10-11,14H,5-6,8-9H2,1-4H3,(H,15,16). The smallest absolute Gasteiger partial charge is 0.260 e. The zero-order valence-electron chi connectivity index (χ0n) is 13.1. The highest BCUT2D eigenvalue weighted by atomic mass is 32.2. The van der Waals surface area contributed by atoms with Gasteiger partial charge in [-0.1, -0.05) is 6.92 Å². The largest absolute Gasteiger partial charge is 0.313 e. The van der Waals surface area contributed by atoms with E-state index in [0.717, 1.165) is 6.54 Å². The first-order chi connectivity index (χ1) is 9.87. The van der Waals surface area contributed by atoms with Crippen LogP contribution in [0, 0.1) is 0 Å². The molecule has 1 aliphatic rings. The molecule has 21 heavy (non-hydrogen) atoms. The van der Waals surface area contributed by atoms with E-state index < -0.39 is 10.0 Å². The van der Waals surface area contributed by atoms with Crippen LogP contribution in [0.15, 0.2) is 11.2 Å². The van der Waals surface area contributed by atoms with E-state index in [1.54, 1.807) is 10.5 Å². The molecular weight excluding hydrogens is 290 g/mol. The number of H-pyrrole nitrogens is 1. The van der Waals surface area contributed by atoms with Crippen molar-refractivity contribution in [1.29, 1.82) is 0 Å². The number of nitrogens with zero attached hydrogens (tertiary/aromatic N) is 3. The van der Waals surface area contributed by atoms with Crippen molar-refractivity contribution < 1.29 is 8.42 Å². The molecular formula is C13H25N5O2S. The molecule has 120 valence electrons. The Morgan fingerprint density at radius 2 is 2.00 bits per heavy atom. The lowest BCUT2D eigenvalue weighted by molar-refractivity contribution is 0.105. The predicted molar refractivity (Wildman–Crippen MR) is 81.4 cm³/mol. The third-order valence-corrected chi connectivity index (χ3v) is 6.02. The molecule has 0 aliphatic carbocycles. The average molecular weight is 315 g/mol. The number of likely N-dealkylation sites (N-methyl/N-ethyl adjacent to an activating group) is 1. The molecule has 0 bridgehead atoms. The van der Waals surface area contributed by atoms with E-state index in [1.807, 2.05) is 27.8 Å². The van der Waals surface area contributed by atoms with Crippen LogP contribution < -0.4 is 5.32 Å². The van der Waals surface area contributed by atoms with Crippen LogP contribution in [0.2, 0.25) is 0 Å². The SMILES string of the molecule is CCNCc1cn[nH]c1S(=O)(=O)N1CC(C)N(C)C(C)C1. The van der Waals surface area contributed by atoms with Crippen LogP contribution in [0.3, 0.4) is 0 Å². The molecule has 2 unspecified atom stereocenters. The molecule has 0 spiro atoms. The second kappa shape index (κ2) is 6.43. The number of hydrogen-bond donors (Lipinski definition) is 2. The first-order valence-corrected chi connectivity index (χ1v) is 8.77. The molecule has 0 radical (unpaired) electrons. The fourth-order valence-electron chi connectivity index (χ4n) is 2.59. The molecule has 1 fully saturated rings. The number of aromatic amines is 1. The lowest BCUT2D eigenvalue weighted by Crippen LogP contribution is -2.56. The van der Waals surface area contributed by atoms with Crippen LogP contribution in [0.25, 0.3) is 0 Å². The van der Waals surface area contributed by atoms with E-state index in [9.17, 15) is 8.42 Å². The summed E-state index contributed by atoms with van der Waals surface area (Å²) < 4.78 is 27.2. The molecule has 7 nitrogen and oxygen atoms in total. The molecule has 1 aromatic heterocycles. The van der Waals surface area contributed by atoms with Gasteiger partial charge >= 0.3 is 0 Å². The fraction of sp³-hybridized carbons (Fsp3) is 0.769. The average Bonchev–Trinajstić information content (AvgIpc) is 2.91. The minimum Gasteiger partial charge on any atom is -0.313 e. The van der Waals surface area contributed by atoms with Gasteiger partial charge < -0.3 is 5.32 Å². The second-order valence-corrected chi connectivity index (χ2v) is 7.57. The molecule has 1 aromatic rings. The van der Waals surface area contributed by atoms with Crippen LogP contribution in [0.1, 0.15) is 26.3 Å². The van der Waals surface area contributed by atoms with E-state index in [1.165, 1.54) is 0 Å². The summed E-state index contributed by atoms with van der Waals surface area (Å²) in [4.78, 5) is 2.21. The van der Waals surface area contributed by atoms with Gasteiger partial charge in [0.2, 0.25) is 0 Å². The quantitative estimate of drug-likeness (QED) is 0.813. The molecule has 0 aromatic carbocycles. The molecule has 0 saturated carbocycles. The summed E-state index contributed by atoms with van der Waals surface area (Å²) in [6.07, 6.45) is 1.58. The normalized spacial score (nSPS) is 25.3. The number of sulfonamides is 1. The lowest BCUT2D eigenvalue weighted by atomic mass is 10.1. The molecule has 0 amide bonds. The van der Waals surface area contributed by atoms with Crippen LogP contribution >= 0.6 is 0 Å². The Hall–Kier alpha value is -0.960. The highest BCUT2D eigenvalue weighted by Gasteiger charge is 2.36. The number of piperazine rings is 1. The molecule has 8 heteroatoms. The van der Waals surface area contributed by atoms with Crippen molar-refractivity contribution in [3.63, 3.8) is 0 Å². The number of rotatable bonds is 5. The third kappa shape index (κ3) is 3.28. The van der Waals surface area contributed by atoms with Gasteiger partial charge in [0, 0.05) is 37.3 Å². The van der Waals surface area contributed by atoms with Crippen molar-refractivity contribution in [3.05, 3.63) is 11.8 Å². The highest BCUT2D eigenvalue weighted by Crippen LogP contribution is 2.23. The van der Waals surface area contributed by atoms with E-state index >= 15 is 0 Å². The number of hydrogen-bond acceptors (Lipinski definition) is 5. The van der Waals surface area contributed by atoms with E-state index in [0.29, 0.717) is 25.2 Å². The van der Waals surface area contributed by atoms with Gasteiger partial charge in [-0.05, 0) is 27.4 Å². The van der Waals surface area contributed by atoms with Gasteiger partial charge in [-0.3, -0.25) is 10.00 Å². The van der Waals surface area contributed by atoms with Crippen molar-refractivity contribution in [1.82, 2.24) is 24.7 Å². The van der Waals surface area contributed by atoms with Gasteiger partial charge in [0.05, 0.1) is 6.20 Å². The van der Waals surface area contributed by atoms with Crippen LogP contribution in [0.4, 0.5) is 0 Å². The van der Waals surface area contributed by atoms with Crippen molar-refractivity contribution in [2.75, 3.05) is 26.7 Å². The van der Waals surface area contributed by atoms with Gasteiger partial charge in [0.25, 0.3) is 10.0 Å². The Morgan fingerprint density at radius 3 is 2.57 bits per heavy atom.